The lowest BCUT2D eigenvalue weighted by molar-refractivity contribution is 0.0600. The standard InChI is InChI=1S/C13H18ClNO5S/c1-3-10(6-7-16)15-21(18,19)12-8-9(13(17)20-2)4-5-11(12)14/h4-5,8,10,15-16H,3,6-7H2,1-2H3. The number of halogens is 1. The summed E-state index contributed by atoms with van der Waals surface area (Å²) in [7, 11) is -2.68. The van der Waals surface area contributed by atoms with Crippen LogP contribution < -0.4 is 4.72 Å². The predicted octanol–water partition coefficient (Wildman–Crippen LogP) is 1.57. The lowest BCUT2D eigenvalue weighted by Crippen LogP contribution is -2.35. The van der Waals surface area contributed by atoms with Crippen molar-refractivity contribution in [3.8, 4) is 0 Å². The molecule has 0 saturated heterocycles. The number of aliphatic hydroxyl groups excluding tert-OH is 1. The van der Waals surface area contributed by atoms with Gasteiger partial charge in [-0.2, -0.15) is 0 Å². The summed E-state index contributed by atoms with van der Waals surface area (Å²) in [4.78, 5) is 11.3. The molecule has 0 amide bonds. The zero-order valence-corrected chi connectivity index (χ0v) is 13.4. The quantitative estimate of drug-likeness (QED) is 0.738. The van der Waals surface area contributed by atoms with Crippen molar-refractivity contribution in [2.45, 2.75) is 30.7 Å². The van der Waals surface area contributed by atoms with Gasteiger partial charge in [0.05, 0.1) is 17.7 Å². The number of rotatable bonds is 7. The lowest BCUT2D eigenvalue weighted by Gasteiger charge is -2.16. The smallest absolute Gasteiger partial charge is 0.337 e. The molecular weight excluding hydrogens is 318 g/mol. The summed E-state index contributed by atoms with van der Waals surface area (Å²) in [5.74, 6) is -0.648. The molecule has 118 valence electrons. The zero-order valence-electron chi connectivity index (χ0n) is 11.8. The molecule has 1 atom stereocenters. The van der Waals surface area contributed by atoms with Gasteiger partial charge in [-0.3, -0.25) is 0 Å². The number of ether oxygens (including phenoxy) is 1. The van der Waals surface area contributed by atoms with Crippen LogP contribution in [0.4, 0.5) is 0 Å². The first-order valence-electron chi connectivity index (χ1n) is 6.36. The molecule has 0 fully saturated rings. The van der Waals surface area contributed by atoms with Crippen LogP contribution in [0.2, 0.25) is 5.02 Å². The fourth-order valence-electron chi connectivity index (χ4n) is 1.74. The third kappa shape index (κ3) is 4.67. The minimum absolute atomic E-state index is 0.00834. The molecular formula is C13H18ClNO5S. The van der Waals surface area contributed by atoms with Gasteiger partial charge in [0.1, 0.15) is 4.90 Å². The fraction of sp³-hybridized carbons (Fsp3) is 0.462. The monoisotopic (exact) mass is 335 g/mol. The van der Waals surface area contributed by atoms with Crippen LogP contribution in [0, 0.1) is 0 Å². The molecule has 21 heavy (non-hydrogen) atoms. The largest absolute Gasteiger partial charge is 0.465 e. The van der Waals surface area contributed by atoms with E-state index in [0.717, 1.165) is 0 Å². The Morgan fingerprint density at radius 2 is 2.14 bits per heavy atom. The maximum atomic E-state index is 12.3. The Hall–Kier alpha value is -1.15. The Kier molecular flexibility index (Phi) is 6.60. The van der Waals surface area contributed by atoms with E-state index < -0.39 is 22.0 Å². The van der Waals surface area contributed by atoms with Crippen molar-refractivity contribution < 1.29 is 23.1 Å². The van der Waals surface area contributed by atoms with E-state index in [1.165, 1.54) is 25.3 Å². The number of carbonyl (C=O) groups excluding carboxylic acids is 1. The van der Waals surface area contributed by atoms with Crippen LogP contribution in [-0.2, 0) is 14.8 Å². The van der Waals surface area contributed by atoms with E-state index in [4.69, 9.17) is 16.7 Å². The molecule has 8 heteroatoms. The number of sulfonamides is 1. The maximum Gasteiger partial charge on any atom is 0.337 e. The molecule has 0 radical (unpaired) electrons. The average molecular weight is 336 g/mol. The number of benzene rings is 1. The van der Waals surface area contributed by atoms with Gasteiger partial charge in [0, 0.05) is 12.6 Å². The van der Waals surface area contributed by atoms with Gasteiger partial charge in [-0.1, -0.05) is 18.5 Å². The Labute approximate surface area is 129 Å². The molecule has 2 N–H and O–H groups in total. The second-order valence-electron chi connectivity index (χ2n) is 4.38. The summed E-state index contributed by atoms with van der Waals surface area (Å²) < 4.78 is 31.7. The van der Waals surface area contributed by atoms with Crippen molar-refractivity contribution >= 4 is 27.6 Å². The number of carbonyl (C=O) groups is 1. The number of hydrogen-bond donors (Lipinski definition) is 2. The molecule has 0 saturated carbocycles. The Morgan fingerprint density at radius 3 is 2.67 bits per heavy atom. The second-order valence-corrected chi connectivity index (χ2v) is 6.47. The van der Waals surface area contributed by atoms with E-state index in [9.17, 15) is 13.2 Å². The van der Waals surface area contributed by atoms with Crippen LogP contribution in [-0.4, -0.2) is 39.3 Å². The highest BCUT2D eigenvalue weighted by molar-refractivity contribution is 7.89. The topological polar surface area (TPSA) is 92.7 Å². The maximum absolute atomic E-state index is 12.3. The molecule has 0 aliphatic rings. The fourth-order valence-corrected chi connectivity index (χ4v) is 3.62. The number of aliphatic hydroxyl groups is 1. The summed E-state index contributed by atoms with van der Waals surface area (Å²) in [5, 5.41) is 8.92. The third-order valence-corrected chi connectivity index (χ3v) is 4.94. The van der Waals surface area contributed by atoms with Crippen LogP contribution in [0.5, 0.6) is 0 Å². The summed E-state index contributed by atoms with van der Waals surface area (Å²) in [6.45, 7) is 1.67. The van der Waals surface area contributed by atoms with Gasteiger partial charge in [-0.25, -0.2) is 17.9 Å². The van der Waals surface area contributed by atoms with Crippen molar-refractivity contribution in [2.24, 2.45) is 0 Å². The van der Waals surface area contributed by atoms with Gasteiger partial charge in [-0.05, 0) is 31.0 Å². The molecule has 1 unspecified atom stereocenters. The molecule has 0 aliphatic heterocycles. The van der Waals surface area contributed by atoms with Crippen molar-refractivity contribution in [3.63, 3.8) is 0 Å². The van der Waals surface area contributed by atoms with E-state index in [2.05, 4.69) is 9.46 Å². The van der Waals surface area contributed by atoms with Crippen LogP contribution in [0.1, 0.15) is 30.1 Å². The molecule has 0 bridgehead atoms. The molecule has 0 spiro atoms. The van der Waals surface area contributed by atoms with E-state index in [1.807, 2.05) is 0 Å². The van der Waals surface area contributed by atoms with Crippen LogP contribution in [0.25, 0.3) is 0 Å². The van der Waals surface area contributed by atoms with Gasteiger partial charge in [0.25, 0.3) is 0 Å². The summed E-state index contributed by atoms with van der Waals surface area (Å²) >= 11 is 5.91. The average Bonchev–Trinajstić information content (AvgIpc) is 2.46. The Bertz CT molecular complexity index is 603. The lowest BCUT2D eigenvalue weighted by atomic mass is 10.2. The van der Waals surface area contributed by atoms with Crippen molar-refractivity contribution in [1.29, 1.82) is 0 Å². The molecule has 1 aromatic rings. The van der Waals surface area contributed by atoms with E-state index in [0.29, 0.717) is 12.8 Å². The van der Waals surface area contributed by atoms with Gasteiger partial charge >= 0.3 is 5.97 Å². The SMILES string of the molecule is CCC(CCO)NS(=O)(=O)c1cc(C(=O)OC)ccc1Cl. The number of esters is 1. The van der Waals surface area contributed by atoms with Crippen LogP contribution in [0.15, 0.2) is 23.1 Å². The molecule has 6 nitrogen and oxygen atoms in total. The van der Waals surface area contributed by atoms with Crippen molar-refractivity contribution in [2.75, 3.05) is 13.7 Å². The van der Waals surface area contributed by atoms with Crippen LogP contribution >= 0.6 is 11.6 Å². The first-order valence-corrected chi connectivity index (χ1v) is 8.22. The summed E-state index contributed by atoms with van der Waals surface area (Å²) in [6.07, 6.45) is 0.818. The van der Waals surface area contributed by atoms with Gasteiger partial charge in [0.15, 0.2) is 0 Å². The van der Waals surface area contributed by atoms with Gasteiger partial charge in [-0.15, -0.1) is 0 Å². The van der Waals surface area contributed by atoms with Crippen molar-refractivity contribution in [1.82, 2.24) is 4.72 Å². The second kappa shape index (κ2) is 7.74. The zero-order chi connectivity index (χ0) is 16.0. The number of hydrogen-bond acceptors (Lipinski definition) is 5. The first-order chi connectivity index (χ1) is 9.85. The summed E-state index contributed by atoms with van der Waals surface area (Å²) in [6, 6.07) is 3.48. The normalized spacial score (nSPS) is 13.0. The van der Waals surface area contributed by atoms with Gasteiger partial charge < -0.3 is 9.84 Å². The summed E-state index contributed by atoms with van der Waals surface area (Å²) in [5.41, 5.74) is 0.0949. The Morgan fingerprint density at radius 1 is 1.48 bits per heavy atom. The molecule has 1 rings (SSSR count). The third-order valence-electron chi connectivity index (χ3n) is 2.93. The highest BCUT2D eigenvalue weighted by atomic mass is 35.5. The van der Waals surface area contributed by atoms with Crippen molar-refractivity contribution in [3.05, 3.63) is 28.8 Å². The predicted molar refractivity (Wildman–Crippen MR) is 78.9 cm³/mol. The highest BCUT2D eigenvalue weighted by Crippen LogP contribution is 2.23. The molecule has 1 aromatic carbocycles. The van der Waals surface area contributed by atoms with E-state index in [-0.39, 0.29) is 22.1 Å². The number of methoxy groups -OCH3 is 1. The minimum Gasteiger partial charge on any atom is -0.465 e. The molecule has 0 aromatic heterocycles. The minimum atomic E-state index is -3.89. The number of nitrogens with one attached hydrogen (secondary N) is 1. The first kappa shape index (κ1) is 17.9. The highest BCUT2D eigenvalue weighted by Gasteiger charge is 2.23. The van der Waals surface area contributed by atoms with E-state index in [1.54, 1.807) is 6.92 Å². The van der Waals surface area contributed by atoms with E-state index >= 15 is 0 Å². The molecule has 0 aliphatic carbocycles. The van der Waals surface area contributed by atoms with Crippen LogP contribution in [0.3, 0.4) is 0 Å². The Balaban J connectivity index is 3.15. The van der Waals surface area contributed by atoms with Gasteiger partial charge in [0.2, 0.25) is 10.0 Å². The molecule has 0 heterocycles.